The number of carbonyl (C=O) groups excluding carboxylic acids is 1. The maximum absolute atomic E-state index is 12.4. The van der Waals surface area contributed by atoms with Crippen molar-refractivity contribution < 1.29 is 13.9 Å². The van der Waals surface area contributed by atoms with Crippen molar-refractivity contribution in [2.24, 2.45) is 0 Å². The Bertz CT molecular complexity index is 1090. The first-order chi connectivity index (χ1) is 13.7. The van der Waals surface area contributed by atoms with E-state index in [1.54, 1.807) is 13.4 Å². The zero-order valence-electron chi connectivity index (χ0n) is 15.4. The van der Waals surface area contributed by atoms with Crippen LogP contribution in [0.15, 0.2) is 83.5 Å². The predicted octanol–water partition coefficient (Wildman–Crippen LogP) is 5.37. The van der Waals surface area contributed by atoms with Gasteiger partial charge < -0.3 is 19.8 Å². The van der Waals surface area contributed by atoms with Gasteiger partial charge >= 0.3 is 0 Å². The molecule has 2 N–H and O–H groups in total. The maximum atomic E-state index is 12.4. The zero-order chi connectivity index (χ0) is 19.3. The van der Waals surface area contributed by atoms with E-state index in [9.17, 15) is 4.79 Å². The largest absolute Gasteiger partial charge is 0.497 e. The Morgan fingerprint density at radius 2 is 1.64 bits per heavy atom. The molecule has 0 unspecified atom stereocenters. The lowest BCUT2D eigenvalue weighted by atomic mass is 10.1. The molecule has 140 valence electrons. The van der Waals surface area contributed by atoms with E-state index in [2.05, 4.69) is 10.6 Å². The number of hydrogen-bond donors (Lipinski definition) is 2. The second kappa shape index (κ2) is 7.88. The maximum Gasteiger partial charge on any atom is 0.228 e. The Morgan fingerprint density at radius 3 is 2.39 bits per heavy atom. The zero-order valence-corrected chi connectivity index (χ0v) is 15.4. The molecule has 0 atom stereocenters. The third-order valence-electron chi connectivity index (χ3n) is 4.45. The molecule has 0 spiro atoms. The highest BCUT2D eigenvalue weighted by atomic mass is 16.5. The van der Waals surface area contributed by atoms with E-state index < -0.39 is 0 Å². The number of para-hydroxylation sites is 1. The summed E-state index contributed by atoms with van der Waals surface area (Å²) < 4.78 is 10.7. The van der Waals surface area contributed by atoms with Crippen LogP contribution in [0.25, 0.3) is 11.0 Å². The van der Waals surface area contributed by atoms with E-state index in [0.717, 1.165) is 33.8 Å². The summed E-state index contributed by atoms with van der Waals surface area (Å²) in [5.41, 5.74) is 4.27. The molecule has 0 radical (unpaired) electrons. The minimum absolute atomic E-state index is 0.0951. The summed E-state index contributed by atoms with van der Waals surface area (Å²) in [5, 5.41) is 7.16. The number of anilines is 3. The molecular formula is C23H20N2O3. The fraction of sp³-hybridized carbons (Fsp3) is 0.0870. The first kappa shape index (κ1) is 17.7. The Morgan fingerprint density at radius 1 is 0.929 bits per heavy atom. The van der Waals surface area contributed by atoms with Crippen molar-refractivity contribution >= 4 is 33.9 Å². The van der Waals surface area contributed by atoms with Crippen LogP contribution in [0.5, 0.6) is 5.75 Å². The Hall–Kier alpha value is -3.73. The van der Waals surface area contributed by atoms with Gasteiger partial charge in [0.2, 0.25) is 5.91 Å². The highest BCUT2D eigenvalue weighted by Gasteiger charge is 2.11. The number of nitrogens with one attached hydrogen (secondary N) is 2. The number of benzene rings is 3. The molecule has 0 bridgehead atoms. The minimum Gasteiger partial charge on any atom is -0.497 e. The summed E-state index contributed by atoms with van der Waals surface area (Å²) in [6.07, 6.45) is 1.86. The molecule has 0 saturated heterocycles. The number of amides is 1. The number of fused-ring (bicyclic) bond motifs is 1. The van der Waals surface area contributed by atoms with E-state index in [0.29, 0.717) is 5.58 Å². The SMILES string of the molecule is COc1ccc2c(CC(=O)Nc3ccc(Nc4ccccc4)cc3)coc2c1. The van der Waals surface area contributed by atoms with E-state index in [-0.39, 0.29) is 12.3 Å². The van der Waals surface area contributed by atoms with Crippen LogP contribution in [0.4, 0.5) is 17.1 Å². The third-order valence-corrected chi connectivity index (χ3v) is 4.45. The van der Waals surface area contributed by atoms with E-state index in [4.69, 9.17) is 9.15 Å². The van der Waals surface area contributed by atoms with Crippen LogP contribution in [0.1, 0.15) is 5.56 Å². The topological polar surface area (TPSA) is 63.5 Å². The third kappa shape index (κ3) is 3.99. The summed E-state index contributed by atoms with van der Waals surface area (Å²) in [5.74, 6) is 0.629. The molecule has 0 aliphatic carbocycles. The predicted molar refractivity (Wildman–Crippen MR) is 111 cm³/mol. The second-order valence-electron chi connectivity index (χ2n) is 6.42. The molecule has 0 saturated carbocycles. The van der Waals surface area contributed by atoms with Crippen LogP contribution in [0.2, 0.25) is 0 Å². The Kier molecular flexibility index (Phi) is 4.97. The molecule has 28 heavy (non-hydrogen) atoms. The van der Waals surface area contributed by atoms with Gasteiger partial charge in [-0.1, -0.05) is 18.2 Å². The molecule has 1 amide bonds. The minimum atomic E-state index is -0.0951. The number of hydrogen-bond acceptors (Lipinski definition) is 4. The summed E-state index contributed by atoms with van der Waals surface area (Å²) in [6, 6.07) is 23.1. The van der Waals surface area contributed by atoms with Crippen LogP contribution >= 0.6 is 0 Å². The molecule has 4 rings (SSSR count). The van der Waals surface area contributed by atoms with Crippen molar-refractivity contribution in [3.8, 4) is 5.75 Å². The number of ether oxygens (including phenoxy) is 1. The molecule has 1 aromatic heterocycles. The van der Waals surface area contributed by atoms with Crippen molar-refractivity contribution in [1.82, 2.24) is 0 Å². The lowest BCUT2D eigenvalue weighted by Gasteiger charge is -2.08. The monoisotopic (exact) mass is 372 g/mol. The molecular weight excluding hydrogens is 352 g/mol. The molecule has 0 fully saturated rings. The number of rotatable bonds is 6. The van der Waals surface area contributed by atoms with Gasteiger partial charge in [-0.3, -0.25) is 4.79 Å². The standard InChI is InChI=1S/C23H20N2O3/c1-27-20-11-12-21-16(15-28-22(21)14-20)13-23(26)25-19-9-7-18(8-10-19)24-17-5-3-2-4-6-17/h2-12,14-15,24H,13H2,1H3,(H,25,26). The molecule has 4 aromatic rings. The summed E-state index contributed by atoms with van der Waals surface area (Å²) in [4.78, 5) is 12.4. The lowest BCUT2D eigenvalue weighted by molar-refractivity contribution is -0.115. The van der Waals surface area contributed by atoms with Gasteiger partial charge in [0.05, 0.1) is 19.8 Å². The van der Waals surface area contributed by atoms with Gasteiger partial charge in [0.15, 0.2) is 0 Å². The number of furan rings is 1. The molecule has 5 heteroatoms. The van der Waals surface area contributed by atoms with Crippen LogP contribution in [-0.2, 0) is 11.2 Å². The first-order valence-corrected chi connectivity index (χ1v) is 8.97. The lowest BCUT2D eigenvalue weighted by Crippen LogP contribution is -2.14. The normalized spacial score (nSPS) is 10.6. The van der Waals surface area contributed by atoms with Gasteiger partial charge in [0, 0.05) is 34.1 Å². The van der Waals surface area contributed by atoms with Crippen molar-refractivity contribution in [2.75, 3.05) is 17.7 Å². The van der Waals surface area contributed by atoms with Crippen molar-refractivity contribution in [2.45, 2.75) is 6.42 Å². The van der Waals surface area contributed by atoms with Gasteiger partial charge in [-0.25, -0.2) is 0 Å². The van der Waals surface area contributed by atoms with Gasteiger partial charge in [-0.15, -0.1) is 0 Å². The highest BCUT2D eigenvalue weighted by Crippen LogP contribution is 2.26. The van der Waals surface area contributed by atoms with E-state index in [1.165, 1.54) is 0 Å². The van der Waals surface area contributed by atoms with Gasteiger partial charge in [0.25, 0.3) is 0 Å². The Balaban J connectivity index is 1.40. The average Bonchev–Trinajstić information content (AvgIpc) is 3.12. The molecule has 3 aromatic carbocycles. The average molecular weight is 372 g/mol. The summed E-state index contributed by atoms with van der Waals surface area (Å²) >= 11 is 0. The van der Waals surface area contributed by atoms with E-state index in [1.807, 2.05) is 72.8 Å². The van der Waals surface area contributed by atoms with Crippen molar-refractivity contribution in [3.05, 3.63) is 84.6 Å². The smallest absolute Gasteiger partial charge is 0.228 e. The fourth-order valence-electron chi connectivity index (χ4n) is 3.03. The van der Waals surface area contributed by atoms with Crippen LogP contribution in [-0.4, -0.2) is 13.0 Å². The fourth-order valence-corrected chi connectivity index (χ4v) is 3.03. The van der Waals surface area contributed by atoms with Crippen LogP contribution in [0.3, 0.4) is 0 Å². The van der Waals surface area contributed by atoms with Crippen LogP contribution in [0, 0.1) is 0 Å². The van der Waals surface area contributed by atoms with Gasteiger partial charge in [-0.2, -0.15) is 0 Å². The number of carbonyl (C=O) groups is 1. The quantitative estimate of drug-likeness (QED) is 0.478. The Labute approximate surface area is 162 Å². The summed E-state index contributed by atoms with van der Waals surface area (Å²) in [7, 11) is 1.61. The molecule has 0 aliphatic heterocycles. The van der Waals surface area contributed by atoms with Crippen LogP contribution < -0.4 is 15.4 Å². The first-order valence-electron chi connectivity index (χ1n) is 8.97. The van der Waals surface area contributed by atoms with Gasteiger partial charge in [0.1, 0.15) is 11.3 Å². The van der Waals surface area contributed by atoms with E-state index >= 15 is 0 Å². The molecule has 5 nitrogen and oxygen atoms in total. The summed E-state index contributed by atoms with van der Waals surface area (Å²) in [6.45, 7) is 0. The molecule has 1 heterocycles. The van der Waals surface area contributed by atoms with Crippen molar-refractivity contribution in [3.63, 3.8) is 0 Å². The second-order valence-corrected chi connectivity index (χ2v) is 6.42. The van der Waals surface area contributed by atoms with Crippen molar-refractivity contribution in [1.29, 1.82) is 0 Å². The highest BCUT2D eigenvalue weighted by molar-refractivity contribution is 5.95. The molecule has 0 aliphatic rings. The number of methoxy groups -OCH3 is 1. The van der Waals surface area contributed by atoms with Gasteiger partial charge in [-0.05, 0) is 48.5 Å².